The van der Waals surface area contributed by atoms with Crippen molar-refractivity contribution in [3.05, 3.63) is 35.5 Å². The van der Waals surface area contributed by atoms with Crippen LogP contribution in [0.2, 0.25) is 0 Å². The summed E-state index contributed by atoms with van der Waals surface area (Å²) in [5.41, 5.74) is 4.12. The van der Waals surface area contributed by atoms with Crippen molar-refractivity contribution in [2.24, 2.45) is 5.92 Å². The zero-order chi connectivity index (χ0) is 24.2. The summed E-state index contributed by atoms with van der Waals surface area (Å²) < 4.78 is 0. The largest absolute Gasteiger partial charge is 0.369 e. The first kappa shape index (κ1) is 23.5. The topological polar surface area (TPSA) is 102 Å². The number of rotatable bonds is 8. The summed E-state index contributed by atoms with van der Waals surface area (Å²) in [7, 11) is 0. The lowest BCUT2D eigenvalue weighted by Gasteiger charge is -2.30. The van der Waals surface area contributed by atoms with Crippen molar-refractivity contribution in [3.63, 3.8) is 0 Å². The van der Waals surface area contributed by atoms with Gasteiger partial charge in [0.15, 0.2) is 0 Å². The number of aryl methyl sites for hydroxylation is 1. The highest BCUT2D eigenvalue weighted by Gasteiger charge is 2.30. The lowest BCUT2D eigenvalue weighted by molar-refractivity contribution is -0.122. The summed E-state index contributed by atoms with van der Waals surface area (Å²) in [6.07, 6.45) is 8.19. The van der Waals surface area contributed by atoms with Gasteiger partial charge in [-0.05, 0) is 56.4 Å². The van der Waals surface area contributed by atoms with Crippen LogP contribution in [-0.4, -0.2) is 61.1 Å². The molecule has 3 fully saturated rings. The number of nitrogens with one attached hydrogen (secondary N) is 3. The molecule has 2 aromatic rings. The molecule has 3 N–H and O–H groups in total. The number of carbonyl (C=O) groups is 2. The zero-order valence-corrected chi connectivity index (χ0v) is 20.4. The molecule has 2 amide bonds. The number of carbonyl (C=O) groups excluding carboxylic acids is 2. The Morgan fingerprint density at radius 2 is 1.97 bits per heavy atom. The van der Waals surface area contributed by atoms with E-state index in [-0.39, 0.29) is 17.9 Å². The predicted octanol–water partition coefficient (Wildman–Crippen LogP) is 2.52. The quantitative estimate of drug-likeness (QED) is 0.502. The van der Waals surface area contributed by atoms with Gasteiger partial charge < -0.3 is 20.9 Å². The fourth-order valence-electron chi connectivity index (χ4n) is 5.45. The average Bonchev–Trinajstić information content (AvgIpc) is 3.55. The minimum absolute atomic E-state index is 0.0665. The molecule has 186 valence electrons. The van der Waals surface area contributed by atoms with Gasteiger partial charge in [-0.3, -0.25) is 14.5 Å². The van der Waals surface area contributed by atoms with Crippen LogP contribution in [0.15, 0.2) is 24.4 Å². The van der Waals surface area contributed by atoms with Gasteiger partial charge in [0, 0.05) is 67.8 Å². The van der Waals surface area contributed by atoms with Crippen molar-refractivity contribution in [1.29, 1.82) is 0 Å². The number of aromatic nitrogens is 2. The molecule has 5 rings (SSSR count). The van der Waals surface area contributed by atoms with Crippen LogP contribution in [0.5, 0.6) is 0 Å². The van der Waals surface area contributed by atoms with Crippen LogP contribution in [0.1, 0.15) is 43.2 Å². The van der Waals surface area contributed by atoms with E-state index in [1.807, 2.05) is 0 Å². The first-order valence-corrected chi connectivity index (χ1v) is 12.8. The van der Waals surface area contributed by atoms with Gasteiger partial charge in [0.05, 0.1) is 0 Å². The molecule has 3 heterocycles. The number of piperazine rings is 1. The van der Waals surface area contributed by atoms with Crippen LogP contribution < -0.4 is 25.8 Å². The first-order chi connectivity index (χ1) is 17.1. The maximum absolute atomic E-state index is 12.2. The van der Waals surface area contributed by atoms with Crippen molar-refractivity contribution >= 4 is 35.5 Å². The summed E-state index contributed by atoms with van der Waals surface area (Å²) in [6.45, 7) is 6.78. The van der Waals surface area contributed by atoms with E-state index in [2.05, 4.69) is 51.0 Å². The van der Waals surface area contributed by atoms with Crippen LogP contribution in [0.4, 0.5) is 23.1 Å². The third-order valence-corrected chi connectivity index (χ3v) is 7.49. The highest BCUT2D eigenvalue weighted by Crippen LogP contribution is 2.32. The molecule has 1 aliphatic carbocycles. The first-order valence-electron chi connectivity index (χ1n) is 12.8. The molecule has 1 atom stereocenters. The van der Waals surface area contributed by atoms with Crippen LogP contribution >= 0.6 is 0 Å². The second-order valence-corrected chi connectivity index (χ2v) is 9.84. The van der Waals surface area contributed by atoms with Gasteiger partial charge in [-0.2, -0.15) is 4.98 Å². The number of amides is 2. The molecule has 9 heteroatoms. The third kappa shape index (κ3) is 5.24. The molecule has 1 aromatic heterocycles. The molecule has 0 bridgehead atoms. The smallest absolute Gasteiger partial charge is 0.229 e. The van der Waals surface area contributed by atoms with Crippen molar-refractivity contribution in [3.8, 4) is 0 Å². The Kier molecular flexibility index (Phi) is 7.13. The molecule has 3 aliphatic rings. The molecule has 2 aliphatic heterocycles. The molecule has 35 heavy (non-hydrogen) atoms. The molecule has 9 nitrogen and oxygen atoms in total. The monoisotopic (exact) mass is 477 g/mol. The van der Waals surface area contributed by atoms with E-state index < -0.39 is 0 Å². The van der Waals surface area contributed by atoms with Gasteiger partial charge in [0.25, 0.3) is 0 Å². The molecule has 0 spiro atoms. The van der Waals surface area contributed by atoms with Gasteiger partial charge in [-0.25, -0.2) is 4.98 Å². The van der Waals surface area contributed by atoms with Gasteiger partial charge in [-0.15, -0.1) is 0 Å². The lowest BCUT2D eigenvalue weighted by Crippen LogP contribution is -2.43. The molecule has 0 unspecified atom stereocenters. The molecule has 1 aromatic carbocycles. The normalized spacial score (nSPS) is 20.7. The van der Waals surface area contributed by atoms with Gasteiger partial charge in [-0.1, -0.05) is 12.8 Å². The van der Waals surface area contributed by atoms with E-state index >= 15 is 0 Å². The summed E-state index contributed by atoms with van der Waals surface area (Å²) in [6, 6.07) is 6.54. The van der Waals surface area contributed by atoms with Gasteiger partial charge in [0.1, 0.15) is 5.82 Å². The highest BCUT2D eigenvalue weighted by molar-refractivity contribution is 5.82. The fourth-order valence-corrected chi connectivity index (χ4v) is 5.45. The van der Waals surface area contributed by atoms with E-state index in [0.29, 0.717) is 24.7 Å². The standard InChI is InChI=1S/C26H35N7O2/c1-18-14-22(32-12-10-27-11-13-32)6-7-23(18)30-26-29-16-20(15-19-8-9-28-25(19)35)24(31-26)33(17-34)21-4-2-3-5-21/h6-7,14,16-17,19,21,27H,2-5,8-13,15H2,1H3,(H,28,35)(H,29,30,31)/t19-/m0/s1. The Balaban J connectivity index is 1.41. The second kappa shape index (κ2) is 10.6. The minimum Gasteiger partial charge on any atom is -0.369 e. The highest BCUT2D eigenvalue weighted by atomic mass is 16.2. The third-order valence-electron chi connectivity index (χ3n) is 7.49. The number of hydrogen-bond donors (Lipinski definition) is 3. The lowest BCUT2D eigenvalue weighted by atomic mass is 9.99. The van der Waals surface area contributed by atoms with Crippen molar-refractivity contribution in [1.82, 2.24) is 20.6 Å². The van der Waals surface area contributed by atoms with Crippen molar-refractivity contribution in [2.75, 3.05) is 47.8 Å². The Hall–Kier alpha value is -3.20. The molecule has 2 saturated heterocycles. The van der Waals surface area contributed by atoms with Crippen LogP contribution in [0.3, 0.4) is 0 Å². The Labute approximate surface area is 206 Å². The number of anilines is 4. The minimum atomic E-state index is -0.104. The van der Waals surface area contributed by atoms with Crippen LogP contribution in [0.25, 0.3) is 0 Å². The van der Waals surface area contributed by atoms with Crippen LogP contribution in [0, 0.1) is 12.8 Å². The van der Waals surface area contributed by atoms with Gasteiger partial charge in [0.2, 0.25) is 18.3 Å². The van der Waals surface area contributed by atoms with Crippen molar-refractivity contribution in [2.45, 2.75) is 51.5 Å². The van der Waals surface area contributed by atoms with E-state index in [1.54, 1.807) is 11.1 Å². The predicted molar refractivity (Wildman–Crippen MR) is 137 cm³/mol. The molecule has 0 radical (unpaired) electrons. The Morgan fingerprint density at radius 3 is 2.66 bits per heavy atom. The maximum Gasteiger partial charge on any atom is 0.229 e. The van der Waals surface area contributed by atoms with Gasteiger partial charge >= 0.3 is 0 Å². The molecule has 1 saturated carbocycles. The molecular weight excluding hydrogens is 442 g/mol. The SMILES string of the molecule is Cc1cc(N2CCNCC2)ccc1Nc1ncc(C[C@@H]2CCNC2=O)c(N(C=O)C2CCCC2)n1. The number of nitrogens with zero attached hydrogens (tertiary/aromatic N) is 4. The zero-order valence-electron chi connectivity index (χ0n) is 20.4. The average molecular weight is 478 g/mol. The van der Waals surface area contributed by atoms with E-state index in [0.717, 1.165) is 81.5 Å². The summed E-state index contributed by atoms with van der Waals surface area (Å²) >= 11 is 0. The van der Waals surface area contributed by atoms with E-state index in [1.165, 1.54) is 5.69 Å². The van der Waals surface area contributed by atoms with E-state index in [4.69, 9.17) is 4.98 Å². The fraction of sp³-hybridized carbons (Fsp3) is 0.538. The van der Waals surface area contributed by atoms with E-state index in [9.17, 15) is 9.59 Å². The number of benzene rings is 1. The summed E-state index contributed by atoms with van der Waals surface area (Å²) in [5.74, 6) is 1.05. The summed E-state index contributed by atoms with van der Waals surface area (Å²) in [5, 5.41) is 9.66. The second-order valence-electron chi connectivity index (χ2n) is 9.84. The summed E-state index contributed by atoms with van der Waals surface area (Å²) in [4.78, 5) is 38.0. The maximum atomic E-state index is 12.2. The van der Waals surface area contributed by atoms with Crippen molar-refractivity contribution < 1.29 is 9.59 Å². The number of hydrogen-bond acceptors (Lipinski definition) is 7. The Morgan fingerprint density at radius 1 is 1.17 bits per heavy atom. The molecular formula is C26H35N7O2. The van der Waals surface area contributed by atoms with Crippen LogP contribution in [-0.2, 0) is 16.0 Å². The Bertz CT molecular complexity index is 1060.